The number of anilines is 2. The summed E-state index contributed by atoms with van der Waals surface area (Å²) in [7, 11) is 2.46. The number of ether oxygens (including phenoxy) is 2. The number of hydrogen-bond donors (Lipinski definition) is 2. The average Bonchev–Trinajstić information content (AvgIpc) is 3.30. The standard InChI is InChI=1S/C17H16N4O5S3/c1-7-10(15(23)25-2)14(29-11(7)16(24)26-3)19-9(22)6-28-17-20-12(18)8-4-5-27-13(8)21-17/h4-5H,6H2,1-3H3,(H,19,22)(H2,18,20,21). The van der Waals surface area contributed by atoms with E-state index >= 15 is 0 Å². The summed E-state index contributed by atoms with van der Waals surface area (Å²) in [5, 5.41) is 5.88. The van der Waals surface area contributed by atoms with E-state index in [1.165, 1.54) is 25.6 Å². The monoisotopic (exact) mass is 452 g/mol. The highest BCUT2D eigenvalue weighted by atomic mass is 32.2. The lowest BCUT2D eigenvalue weighted by atomic mass is 10.1. The van der Waals surface area contributed by atoms with E-state index in [1.54, 1.807) is 6.92 Å². The zero-order chi connectivity index (χ0) is 21.1. The van der Waals surface area contributed by atoms with E-state index in [9.17, 15) is 14.4 Å². The van der Waals surface area contributed by atoms with Crippen LogP contribution in [0.4, 0.5) is 10.8 Å². The van der Waals surface area contributed by atoms with Crippen molar-refractivity contribution < 1.29 is 23.9 Å². The fourth-order valence-corrected chi connectivity index (χ4v) is 5.06. The molecule has 152 valence electrons. The molecule has 0 atom stereocenters. The van der Waals surface area contributed by atoms with Crippen molar-refractivity contribution in [3.8, 4) is 0 Å². The van der Waals surface area contributed by atoms with E-state index in [-0.39, 0.29) is 21.2 Å². The van der Waals surface area contributed by atoms with Crippen LogP contribution in [0.5, 0.6) is 0 Å². The van der Waals surface area contributed by atoms with Crippen molar-refractivity contribution in [1.29, 1.82) is 0 Å². The van der Waals surface area contributed by atoms with Crippen LogP contribution in [-0.2, 0) is 14.3 Å². The number of rotatable bonds is 6. The Hall–Kier alpha value is -2.70. The summed E-state index contributed by atoms with van der Waals surface area (Å²) in [4.78, 5) is 46.0. The van der Waals surface area contributed by atoms with Crippen molar-refractivity contribution in [2.75, 3.05) is 31.0 Å². The van der Waals surface area contributed by atoms with Gasteiger partial charge in [0.15, 0.2) is 5.16 Å². The van der Waals surface area contributed by atoms with Crippen LogP contribution >= 0.6 is 34.4 Å². The first kappa shape index (κ1) is 21.0. The normalized spacial score (nSPS) is 10.7. The molecule has 0 saturated carbocycles. The quantitative estimate of drug-likeness (QED) is 0.329. The lowest BCUT2D eigenvalue weighted by Crippen LogP contribution is -2.16. The van der Waals surface area contributed by atoms with Crippen LogP contribution in [0.15, 0.2) is 16.6 Å². The number of thiophene rings is 2. The minimum absolute atomic E-state index is 0.0125. The number of esters is 2. The smallest absolute Gasteiger partial charge is 0.348 e. The van der Waals surface area contributed by atoms with Crippen LogP contribution in [0.2, 0.25) is 0 Å². The van der Waals surface area contributed by atoms with Crippen molar-refractivity contribution in [2.45, 2.75) is 12.1 Å². The van der Waals surface area contributed by atoms with E-state index < -0.39 is 17.8 Å². The summed E-state index contributed by atoms with van der Waals surface area (Å²) in [5.41, 5.74) is 6.42. The largest absolute Gasteiger partial charge is 0.465 e. The molecule has 3 N–H and O–H groups in total. The lowest BCUT2D eigenvalue weighted by Gasteiger charge is -2.06. The van der Waals surface area contributed by atoms with Gasteiger partial charge in [-0.1, -0.05) is 11.8 Å². The maximum atomic E-state index is 12.4. The van der Waals surface area contributed by atoms with Crippen molar-refractivity contribution >= 4 is 73.3 Å². The molecule has 0 fully saturated rings. The molecule has 9 nitrogen and oxygen atoms in total. The Bertz CT molecular complexity index is 1110. The molecule has 0 spiro atoms. The Morgan fingerprint density at radius 3 is 2.62 bits per heavy atom. The van der Waals surface area contributed by atoms with Gasteiger partial charge in [-0.05, 0) is 23.9 Å². The predicted molar refractivity (Wildman–Crippen MR) is 113 cm³/mol. The molecule has 29 heavy (non-hydrogen) atoms. The van der Waals surface area contributed by atoms with E-state index in [2.05, 4.69) is 15.3 Å². The number of nitrogen functional groups attached to an aromatic ring is 1. The first-order valence-electron chi connectivity index (χ1n) is 8.09. The molecule has 0 aliphatic carbocycles. The molecule has 1 amide bonds. The maximum absolute atomic E-state index is 12.4. The van der Waals surface area contributed by atoms with Crippen molar-refractivity contribution in [3.05, 3.63) is 27.5 Å². The molecule has 3 heterocycles. The molecule has 12 heteroatoms. The highest BCUT2D eigenvalue weighted by Crippen LogP contribution is 2.34. The van der Waals surface area contributed by atoms with Crippen molar-refractivity contribution in [2.24, 2.45) is 0 Å². The zero-order valence-electron chi connectivity index (χ0n) is 15.6. The Morgan fingerprint density at radius 1 is 1.21 bits per heavy atom. The van der Waals surface area contributed by atoms with Gasteiger partial charge < -0.3 is 20.5 Å². The fourth-order valence-electron chi connectivity index (χ4n) is 2.45. The summed E-state index contributed by atoms with van der Waals surface area (Å²) in [6.45, 7) is 1.59. The highest BCUT2D eigenvalue weighted by molar-refractivity contribution is 7.99. The number of carbonyl (C=O) groups excluding carboxylic acids is 3. The lowest BCUT2D eigenvalue weighted by molar-refractivity contribution is -0.113. The van der Waals surface area contributed by atoms with Crippen LogP contribution < -0.4 is 11.1 Å². The van der Waals surface area contributed by atoms with Crippen LogP contribution in [0.3, 0.4) is 0 Å². The number of nitrogens with one attached hydrogen (secondary N) is 1. The van der Waals surface area contributed by atoms with Crippen LogP contribution in [0.1, 0.15) is 25.6 Å². The van der Waals surface area contributed by atoms with E-state index in [1.807, 2.05) is 11.4 Å². The molecule has 0 aromatic carbocycles. The number of nitrogens with zero attached hydrogens (tertiary/aromatic N) is 2. The molecule has 0 aliphatic rings. The third-order valence-electron chi connectivity index (χ3n) is 3.83. The Morgan fingerprint density at radius 2 is 1.93 bits per heavy atom. The van der Waals surface area contributed by atoms with Gasteiger partial charge in [0.25, 0.3) is 0 Å². The van der Waals surface area contributed by atoms with Gasteiger partial charge in [0.1, 0.15) is 20.5 Å². The molecule has 0 saturated heterocycles. The molecule has 0 radical (unpaired) electrons. The second kappa shape index (κ2) is 8.76. The number of carbonyl (C=O) groups is 3. The Balaban J connectivity index is 1.77. The Kier molecular flexibility index (Phi) is 6.35. The predicted octanol–water partition coefficient (Wildman–Crippen LogP) is 2.95. The highest BCUT2D eigenvalue weighted by Gasteiger charge is 2.26. The van der Waals surface area contributed by atoms with Gasteiger partial charge in [0.2, 0.25) is 5.91 Å². The SMILES string of the molecule is COC(=O)c1sc(NC(=O)CSc2nc(N)c3ccsc3n2)c(C(=O)OC)c1C. The summed E-state index contributed by atoms with van der Waals surface area (Å²) in [5.74, 6) is -1.31. The van der Waals surface area contributed by atoms with Gasteiger partial charge in [0, 0.05) is 0 Å². The van der Waals surface area contributed by atoms with Gasteiger partial charge in [-0.15, -0.1) is 22.7 Å². The number of aromatic nitrogens is 2. The minimum atomic E-state index is -0.656. The second-order valence-corrected chi connectivity index (χ2v) is 8.47. The summed E-state index contributed by atoms with van der Waals surface area (Å²) < 4.78 is 9.49. The third kappa shape index (κ3) is 4.33. The van der Waals surface area contributed by atoms with Crippen molar-refractivity contribution in [3.63, 3.8) is 0 Å². The van der Waals surface area contributed by atoms with E-state index in [4.69, 9.17) is 15.2 Å². The molecule has 0 bridgehead atoms. The van der Waals surface area contributed by atoms with Crippen molar-refractivity contribution in [1.82, 2.24) is 9.97 Å². The van der Waals surface area contributed by atoms with Gasteiger partial charge >= 0.3 is 11.9 Å². The van der Waals surface area contributed by atoms with Gasteiger partial charge in [-0.25, -0.2) is 19.6 Å². The maximum Gasteiger partial charge on any atom is 0.348 e. The second-order valence-electron chi connectivity index (χ2n) is 5.61. The minimum Gasteiger partial charge on any atom is -0.465 e. The van der Waals surface area contributed by atoms with Gasteiger partial charge in [-0.3, -0.25) is 4.79 Å². The molecule has 0 unspecified atom stereocenters. The first-order valence-corrected chi connectivity index (χ1v) is 10.8. The molecule has 3 aromatic rings. The number of fused-ring (bicyclic) bond motifs is 1. The number of methoxy groups -OCH3 is 2. The van der Waals surface area contributed by atoms with Crippen LogP contribution in [-0.4, -0.2) is 47.8 Å². The van der Waals surface area contributed by atoms with Crippen LogP contribution in [0.25, 0.3) is 10.2 Å². The summed E-state index contributed by atoms with van der Waals surface area (Å²) in [6.07, 6.45) is 0. The summed E-state index contributed by atoms with van der Waals surface area (Å²) in [6, 6.07) is 1.84. The third-order valence-corrected chi connectivity index (χ3v) is 6.67. The molecular weight excluding hydrogens is 436 g/mol. The molecule has 3 rings (SSSR count). The molecular formula is C17H16N4O5S3. The molecule has 3 aromatic heterocycles. The number of thioether (sulfide) groups is 1. The van der Waals surface area contributed by atoms with Gasteiger partial charge in [0.05, 0.1) is 30.9 Å². The van der Waals surface area contributed by atoms with E-state index in [0.717, 1.165) is 33.3 Å². The number of nitrogens with two attached hydrogens (primary N) is 1. The zero-order valence-corrected chi connectivity index (χ0v) is 18.0. The number of hydrogen-bond acceptors (Lipinski definition) is 11. The van der Waals surface area contributed by atoms with E-state index in [0.29, 0.717) is 16.5 Å². The van der Waals surface area contributed by atoms with Gasteiger partial charge in [-0.2, -0.15) is 0 Å². The summed E-state index contributed by atoms with van der Waals surface area (Å²) >= 11 is 3.49. The fraction of sp³-hybridized carbons (Fsp3) is 0.235. The average molecular weight is 453 g/mol. The molecule has 0 aliphatic heterocycles. The first-order chi connectivity index (χ1) is 13.8. The Labute approximate surface area is 177 Å². The topological polar surface area (TPSA) is 133 Å². The van der Waals surface area contributed by atoms with Crippen LogP contribution in [0, 0.1) is 6.92 Å². The number of amides is 1.